The van der Waals surface area contributed by atoms with Gasteiger partial charge in [0.2, 0.25) is 0 Å². The number of nitrogens with one attached hydrogen (secondary N) is 1. The van der Waals surface area contributed by atoms with Crippen LogP contribution in [0.15, 0.2) is 42.5 Å². The van der Waals surface area contributed by atoms with Gasteiger partial charge in [-0.25, -0.2) is 0 Å². The first-order valence-corrected chi connectivity index (χ1v) is 7.08. The van der Waals surface area contributed by atoms with Gasteiger partial charge in [0.15, 0.2) is 0 Å². The molecule has 0 saturated carbocycles. The maximum Gasteiger partial charge on any atom is 0.119 e. The second kappa shape index (κ2) is 6.78. The summed E-state index contributed by atoms with van der Waals surface area (Å²) in [5, 5.41) is 4.15. The summed E-state index contributed by atoms with van der Waals surface area (Å²) in [4.78, 5) is 0. The molecule has 0 bridgehead atoms. The number of halogens is 1. The third-order valence-electron chi connectivity index (χ3n) is 3.45. The van der Waals surface area contributed by atoms with Crippen molar-refractivity contribution < 1.29 is 4.74 Å². The van der Waals surface area contributed by atoms with Crippen molar-refractivity contribution in [3.8, 4) is 5.75 Å². The van der Waals surface area contributed by atoms with Crippen LogP contribution in [0, 0.1) is 6.92 Å². The molecule has 0 aromatic heterocycles. The van der Waals surface area contributed by atoms with E-state index in [1.165, 1.54) is 11.1 Å². The number of benzene rings is 2. The molecule has 2 rings (SSSR count). The van der Waals surface area contributed by atoms with Crippen molar-refractivity contribution in [2.75, 3.05) is 14.2 Å². The molecule has 3 heteroatoms. The van der Waals surface area contributed by atoms with Gasteiger partial charge >= 0.3 is 0 Å². The summed E-state index contributed by atoms with van der Waals surface area (Å²) in [6.07, 6.45) is 0.872. The Bertz CT molecular complexity index is 583. The van der Waals surface area contributed by atoms with Crippen molar-refractivity contribution in [2.45, 2.75) is 19.4 Å². The van der Waals surface area contributed by atoms with Gasteiger partial charge in [0.05, 0.1) is 7.11 Å². The van der Waals surface area contributed by atoms with Gasteiger partial charge in [0.1, 0.15) is 5.75 Å². The van der Waals surface area contributed by atoms with Crippen LogP contribution in [0.2, 0.25) is 5.02 Å². The molecule has 0 radical (unpaired) electrons. The van der Waals surface area contributed by atoms with Gasteiger partial charge < -0.3 is 10.1 Å². The van der Waals surface area contributed by atoms with Crippen molar-refractivity contribution in [2.24, 2.45) is 0 Å². The summed E-state index contributed by atoms with van der Waals surface area (Å²) in [5.41, 5.74) is 3.53. The number of ether oxygens (including phenoxy) is 1. The van der Waals surface area contributed by atoms with Crippen LogP contribution in [0.25, 0.3) is 0 Å². The van der Waals surface area contributed by atoms with Crippen LogP contribution in [0.4, 0.5) is 0 Å². The summed E-state index contributed by atoms with van der Waals surface area (Å²) in [7, 11) is 3.65. The predicted octanol–water partition coefficient (Wildman–Crippen LogP) is 4.16. The highest BCUT2D eigenvalue weighted by Gasteiger charge is 2.14. The molecule has 2 nitrogen and oxygen atoms in total. The second-order valence-corrected chi connectivity index (χ2v) is 5.33. The molecule has 0 saturated heterocycles. The molecule has 1 N–H and O–H groups in total. The first kappa shape index (κ1) is 14.9. The highest BCUT2D eigenvalue weighted by Crippen LogP contribution is 2.27. The zero-order chi connectivity index (χ0) is 14.5. The number of rotatable bonds is 5. The van der Waals surface area contributed by atoms with E-state index < -0.39 is 0 Å². The minimum atomic E-state index is 0.190. The van der Waals surface area contributed by atoms with E-state index in [1.807, 2.05) is 32.2 Å². The van der Waals surface area contributed by atoms with Crippen LogP contribution in [0.5, 0.6) is 5.75 Å². The van der Waals surface area contributed by atoms with Crippen LogP contribution in [-0.2, 0) is 6.42 Å². The van der Waals surface area contributed by atoms with E-state index in [2.05, 4.69) is 29.6 Å². The second-order valence-electron chi connectivity index (χ2n) is 4.92. The Kier molecular flexibility index (Phi) is 5.05. The largest absolute Gasteiger partial charge is 0.497 e. The maximum absolute atomic E-state index is 6.36. The molecular weight excluding hydrogens is 270 g/mol. The van der Waals surface area contributed by atoms with Gasteiger partial charge in [0.25, 0.3) is 0 Å². The number of likely N-dealkylation sites (N-methyl/N-ethyl adjacent to an activating group) is 1. The topological polar surface area (TPSA) is 21.3 Å². The molecule has 20 heavy (non-hydrogen) atoms. The Morgan fingerprint density at radius 1 is 1.20 bits per heavy atom. The quantitative estimate of drug-likeness (QED) is 0.892. The first-order valence-electron chi connectivity index (χ1n) is 6.70. The van der Waals surface area contributed by atoms with E-state index >= 15 is 0 Å². The van der Waals surface area contributed by atoms with Crippen LogP contribution < -0.4 is 10.1 Å². The molecule has 0 fully saturated rings. The summed E-state index contributed by atoms with van der Waals surface area (Å²) >= 11 is 6.36. The van der Waals surface area contributed by atoms with Crippen LogP contribution in [0.1, 0.15) is 22.7 Å². The molecule has 1 unspecified atom stereocenters. The Morgan fingerprint density at radius 2 is 2.00 bits per heavy atom. The van der Waals surface area contributed by atoms with Gasteiger partial charge in [-0.05, 0) is 55.3 Å². The molecular formula is C17H20ClNO. The fourth-order valence-electron chi connectivity index (χ4n) is 2.32. The van der Waals surface area contributed by atoms with Crippen molar-refractivity contribution in [3.05, 3.63) is 64.2 Å². The van der Waals surface area contributed by atoms with E-state index in [9.17, 15) is 0 Å². The van der Waals surface area contributed by atoms with Gasteiger partial charge in [-0.3, -0.25) is 0 Å². The van der Waals surface area contributed by atoms with Crippen molar-refractivity contribution in [3.63, 3.8) is 0 Å². The SMILES string of the molecule is CNC(Cc1cccc(OC)c1)c1ccc(C)cc1Cl. The average molecular weight is 290 g/mol. The van der Waals surface area contributed by atoms with E-state index in [4.69, 9.17) is 16.3 Å². The highest BCUT2D eigenvalue weighted by molar-refractivity contribution is 6.31. The standard InChI is InChI=1S/C17H20ClNO/c1-12-7-8-15(16(18)9-12)17(19-2)11-13-5-4-6-14(10-13)20-3/h4-10,17,19H,11H2,1-3H3. The first-order chi connectivity index (χ1) is 9.63. The van der Waals surface area contributed by atoms with Crippen molar-refractivity contribution in [1.29, 1.82) is 0 Å². The lowest BCUT2D eigenvalue weighted by molar-refractivity contribution is 0.414. The molecule has 0 aliphatic heterocycles. The summed E-state index contributed by atoms with van der Waals surface area (Å²) < 4.78 is 5.27. The van der Waals surface area contributed by atoms with E-state index in [-0.39, 0.29) is 6.04 Å². The fourth-order valence-corrected chi connectivity index (χ4v) is 2.68. The zero-order valence-corrected chi connectivity index (χ0v) is 12.9. The van der Waals surface area contributed by atoms with Gasteiger partial charge in [-0.2, -0.15) is 0 Å². The minimum absolute atomic E-state index is 0.190. The molecule has 1 atom stereocenters. The summed E-state index contributed by atoms with van der Waals surface area (Å²) in [5.74, 6) is 0.882. The van der Waals surface area contributed by atoms with Crippen LogP contribution >= 0.6 is 11.6 Å². The van der Waals surface area contributed by atoms with Crippen molar-refractivity contribution in [1.82, 2.24) is 5.32 Å². The van der Waals surface area contributed by atoms with Crippen molar-refractivity contribution >= 4 is 11.6 Å². The Labute approximate surface area is 125 Å². The number of aryl methyl sites for hydroxylation is 1. The molecule has 2 aromatic rings. The molecule has 0 aliphatic rings. The monoisotopic (exact) mass is 289 g/mol. The number of hydrogen-bond acceptors (Lipinski definition) is 2. The van der Waals surface area contributed by atoms with Gasteiger partial charge in [-0.15, -0.1) is 0 Å². The lowest BCUT2D eigenvalue weighted by Gasteiger charge is -2.19. The minimum Gasteiger partial charge on any atom is -0.497 e. The highest BCUT2D eigenvalue weighted by atomic mass is 35.5. The zero-order valence-electron chi connectivity index (χ0n) is 12.1. The lowest BCUT2D eigenvalue weighted by Crippen LogP contribution is -2.19. The van der Waals surface area contributed by atoms with E-state index in [0.29, 0.717) is 0 Å². The summed E-state index contributed by atoms with van der Waals surface area (Å²) in [6.45, 7) is 2.05. The Hall–Kier alpha value is -1.51. The average Bonchev–Trinajstić information content (AvgIpc) is 2.45. The predicted molar refractivity (Wildman–Crippen MR) is 84.7 cm³/mol. The number of hydrogen-bond donors (Lipinski definition) is 1. The number of methoxy groups -OCH3 is 1. The van der Waals surface area contributed by atoms with Gasteiger partial charge in [-0.1, -0.05) is 35.9 Å². The van der Waals surface area contributed by atoms with E-state index in [1.54, 1.807) is 7.11 Å². The molecule has 0 spiro atoms. The Balaban J connectivity index is 2.23. The molecule has 0 aliphatic carbocycles. The molecule has 2 aromatic carbocycles. The normalized spacial score (nSPS) is 12.2. The molecule has 0 heterocycles. The third-order valence-corrected chi connectivity index (χ3v) is 3.78. The molecule has 106 valence electrons. The van der Waals surface area contributed by atoms with E-state index in [0.717, 1.165) is 22.8 Å². The van der Waals surface area contributed by atoms with Crippen LogP contribution in [0.3, 0.4) is 0 Å². The van der Waals surface area contributed by atoms with Crippen LogP contribution in [-0.4, -0.2) is 14.2 Å². The summed E-state index contributed by atoms with van der Waals surface area (Å²) in [6, 6.07) is 14.5. The lowest BCUT2D eigenvalue weighted by atomic mass is 9.98. The maximum atomic E-state index is 6.36. The smallest absolute Gasteiger partial charge is 0.119 e. The Morgan fingerprint density at radius 3 is 2.65 bits per heavy atom. The fraction of sp³-hybridized carbons (Fsp3) is 0.294. The molecule has 0 amide bonds. The van der Waals surface area contributed by atoms with Gasteiger partial charge in [0, 0.05) is 11.1 Å². The third kappa shape index (κ3) is 3.53.